The van der Waals surface area contributed by atoms with Crippen molar-refractivity contribution in [3.63, 3.8) is 0 Å². The molecule has 2 aliphatic rings. The van der Waals surface area contributed by atoms with E-state index in [2.05, 4.69) is 5.32 Å². The maximum atomic E-state index is 12.5. The quantitative estimate of drug-likeness (QED) is 0.790. The molecule has 1 amide bonds. The first-order valence-electron chi connectivity index (χ1n) is 5.82. The van der Waals surface area contributed by atoms with Crippen LogP contribution in [0.1, 0.15) is 12.0 Å². The highest BCUT2D eigenvalue weighted by Crippen LogP contribution is 2.46. The zero-order chi connectivity index (χ0) is 13.0. The Kier molecular flexibility index (Phi) is 2.30. The Bertz CT molecular complexity index is 618. The third kappa shape index (κ3) is 1.36. The summed E-state index contributed by atoms with van der Waals surface area (Å²) in [7, 11) is -3.57. The van der Waals surface area contributed by atoms with Gasteiger partial charge in [-0.1, -0.05) is 18.2 Å². The number of hydrogen-bond donors (Lipinski definition) is 1. The van der Waals surface area contributed by atoms with Gasteiger partial charge in [-0.15, -0.1) is 0 Å². The van der Waals surface area contributed by atoms with Crippen LogP contribution in [0.5, 0.6) is 0 Å². The topological polar surface area (TPSA) is 66.5 Å². The lowest BCUT2D eigenvalue weighted by molar-refractivity contribution is -0.121. The van der Waals surface area contributed by atoms with Gasteiger partial charge in [-0.05, 0) is 24.6 Å². The Morgan fingerprint density at radius 2 is 2.06 bits per heavy atom. The fraction of sp³-hybridized carbons (Fsp3) is 0.417. The molecule has 1 atom stereocenters. The first-order chi connectivity index (χ1) is 8.47. The van der Waals surface area contributed by atoms with E-state index in [1.807, 2.05) is 12.1 Å². The van der Waals surface area contributed by atoms with E-state index in [4.69, 9.17) is 0 Å². The van der Waals surface area contributed by atoms with Crippen LogP contribution < -0.4 is 9.62 Å². The van der Waals surface area contributed by atoms with Crippen LogP contribution in [0.3, 0.4) is 0 Å². The lowest BCUT2D eigenvalue weighted by atomic mass is 9.81. The summed E-state index contributed by atoms with van der Waals surface area (Å²) >= 11 is 0. The molecule has 0 saturated carbocycles. The van der Waals surface area contributed by atoms with Crippen molar-refractivity contribution in [3.05, 3.63) is 29.8 Å². The first-order valence-corrected chi connectivity index (χ1v) is 7.67. The van der Waals surface area contributed by atoms with Gasteiger partial charge in [0.25, 0.3) is 5.91 Å². The third-order valence-corrected chi connectivity index (χ3v) is 4.75. The Morgan fingerprint density at radius 3 is 2.67 bits per heavy atom. The van der Waals surface area contributed by atoms with Gasteiger partial charge in [0.15, 0.2) is 0 Å². The highest BCUT2D eigenvalue weighted by molar-refractivity contribution is 7.92. The van der Waals surface area contributed by atoms with E-state index in [0.717, 1.165) is 22.7 Å². The maximum Gasteiger partial charge on any atom is 0.252 e. The summed E-state index contributed by atoms with van der Waals surface area (Å²) in [5, 5.41) is 3.16. The van der Waals surface area contributed by atoms with Crippen LogP contribution in [0.2, 0.25) is 0 Å². The molecule has 0 aliphatic carbocycles. The zero-order valence-corrected chi connectivity index (χ0v) is 10.8. The molecule has 1 spiro atoms. The second-order valence-corrected chi connectivity index (χ2v) is 6.69. The molecule has 0 aromatic heterocycles. The van der Waals surface area contributed by atoms with E-state index in [1.54, 1.807) is 12.1 Å². The summed E-state index contributed by atoms with van der Waals surface area (Å²) in [6.45, 7) is 1.24. The fourth-order valence-electron chi connectivity index (χ4n) is 2.91. The Balaban J connectivity index is 2.27. The van der Waals surface area contributed by atoms with Crippen LogP contribution >= 0.6 is 0 Å². The summed E-state index contributed by atoms with van der Waals surface area (Å²) in [6.07, 6.45) is 1.72. The van der Waals surface area contributed by atoms with Gasteiger partial charge in [-0.25, -0.2) is 12.7 Å². The smallest absolute Gasteiger partial charge is 0.252 e. The predicted octanol–water partition coefficient (Wildman–Crippen LogP) is 0.224. The number of benzene rings is 1. The minimum Gasteiger partial charge on any atom is -0.315 e. The number of carbonyl (C=O) groups is 1. The summed E-state index contributed by atoms with van der Waals surface area (Å²) in [6, 6.07) is 7.15. The van der Waals surface area contributed by atoms with Crippen molar-refractivity contribution in [1.29, 1.82) is 0 Å². The number of sulfonamides is 1. The van der Waals surface area contributed by atoms with E-state index in [-0.39, 0.29) is 5.91 Å². The van der Waals surface area contributed by atoms with Crippen LogP contribution in [0.25, 0.3) is 0 Å². The number of carbonyl (C=O) groups excluding carboxylic acids is 1. The zero-order valence-electron chi connectivity index (χ0n) is 10.0. The number of anilines is 1. The van der Waals surface area contributed by atoms with Crippen LogP contribution in [0.4, 0.5) is 5.69 Å². The van der Waals surface area contributed by atoms with E-state index < -0.39 is 15.4 Å². The SMILES string of the molecule is CS(=O)(=O)N1C(=O)C2(CCNC2)c2ccccc21. The largest absolute Gasteiger partial charge is 0.315 e. The lowest BCUT2D eigenvalue weighted by Crippen LogP contribution is -2.44. The molecule has 96 valence electrons. The lowest BCUT2D eigenvalue weighted by Gasteiger charge is -2.21. The predicted molar refractivity (Wildman–Crippen MR) is 67.9 cm³/mol. The van der Waals surface area contributed by atoms with E-state index >= 15 is 0 Å². The molecule has 0 radical (unpaired) electrons. The molecule has 1 aromatic carbocycles. The molecule has 2 aliphatic heterocycles. The van der Waals surface area contributed by atoms with Crippen molar-refractivity contribution < 1.29 is 13.2 Å². The minimum atomic E-state index is -3.57. The van der Waals surface area contributed by atoms with E-state index in [1.165, 1.54) is 0 Å². The van der Waals surface area contributed by atoms with Crippen LogP contribution in [-0.4, -0.2) is 33.7 Å². The summed E-state index contributed by atoms with van der Waals surface area (Å²) in [4.78, 5) is 12.5. The van der Waals surface area contributed by atoms with Gasteiger partial charge in [0.2, 0.25) is 10.0 Å². The van der Waals surface area contributed by atoms with Crippen LogP contribution in [-0.2, 0) is 20.2 Å². The van der Waals surface area contributed by atoms with Gasteiger partial charge in [-0.3, -0.25) is 4.79 Å². The highest BCUT2D eigenvalue weighted by atomic mass is 32.2. The Morgan fingerprint density at radius 1 is 1.33 bits per heavy atom. The monoisotopic (exact) mass is 266 g/mol. The van der Waals surface area contributed by atoms with Crippen LogP contribution in [0, 0.1) is 0 Å². The number of nitrogens with one attached hydrogen (secondary N) is 1. The van der Waals surface area contributed by atoms with Gasteiger partial charge in [0.05, 0.1) is 17.4 Å². The number of fused-ring (bicyclic) bond motifs is 2. The molecule has 1 N–H and O–H groups in total. The number of amides is 1. The molecule has 1 saturated heterocycles. The van der Waals surface area contributed by atoms with Crippen molar-refractivity contribution in [1.82, 2.24) is 5.32 Å². The molecular formula is C12H14N2O3S. The standard InChI is InChI=1S/C12H14N2O3S/c1-18(16,17)14-10-5-3-2-4-9(10)12(11(14)15)6-7-13-8-12/h2-5,13H,6-8H2,1H3. The fourth-order valence-corrected chi connectivity index (χ4v) is 3.90. The van der Waals surface area contributed by atoms with Gasteiger partial charge >= 0.3 is 0 Å². The van der Waals surface area contributed by atoms with Crippen molar-refractivity contribution in [3.8, 4) is 0 Å². The van der Waals surface area contributed by atoms with E-state index in [0.29, 0.717) is 18.7 Å². The Labute approximate surface area is 106 Å². The summed E-state index contributed by atoms with van der Waals surface area (Å²) in [5.74, 6) is -0.323. The van der Waals surface area contributed by atoms with Gasteiger partial charge < -0.3 is 5.32 Å². The molecule has 1 fully saturated rings. The molecule has 0 bridgehead atoms. The van der Waals surface area contributed by atoms with Crippen LogP contribution in [0.15, 0.2) is 24.3 Å². The second kappa shape index (κ2) is 3.55. The normalized spacial score (nSPS) is 26.9. The minimum absolute atomic E-state index is 0.323. The first kappa shape index (κ1) is 11.7. The van der Waals surface area contributed by atoms with Crippen molar-refractivity contribution in [2.45, 2.75) is 11.8 Å². The highest BCUT2D eigenvalue weighted by Gasteiger charge is 2.54. The molecule has 3 rings (SSSR count). The molecule has 1 aromatic rings. The van der Waals surface area contributed by atoms with Gasteiger partial charge in [-0.2, -0.15) is 0 Å². The van der Waals surface area contributed by atoms with Gasteiger partial charge in [0.1, 0.15) is 0 Å². The summed E-state index contributed by atoms with van der Waals surface area (Å²) < 4.78 is 24.6. The number of nitrogens with zero attached hydrogens (tertiary/aromatic N) is 1. The van der Waals surface area contributed by atoms with Crippen molar-refractivity contribution >= 4 is 21.6 Å². The van der Waals surface area contributed by atoms with Crippen molar-refractivity contribution in [2.75, 3.05) is 23.7 Å². The number of hydrogen-bond acceptors (Lipinski definition) is 4. The van der Waals surface area contributed by atoms with Gasteiger partial charge in [0, 0.05) is 6.54 Å². The maximum absolute atomic E-state index is 12.5. The molecule has 5 nitrogen and oxygen atoms in total. The summed E-state index contributed by atoms with van der Waals surface area (Å²) in [5.41, 5.74) is 0.638. The molecule has 6 heteroatoms. The molecule has 18 heavy (non-hydrogen) atoms. The average Bonchev–Trinajstić information content (AvgIpc) is 2.86. The molecular weight excluding hydrogens is 252 g/mol. The second-order valence-electron chi connectivity index (χ2n) is 4.86. The number of rotatable bonds is 1. The number of para-hydroxylation sites is 1. The van der Waals surface area contributed by atoms with Crippen molar-refractivity contribution in [2.24, 2.45) is 0 Å². The molecule has 1 unspecified atom stereocenters. The average molecular weight is 266 g/mol. The van der Waals surface area contributed by atoms with E-state index in [9.17, 15) is 13.2 Å². The Hall–Kier alpha value is -1.40. The molecule has 2 heterocycles. The third-order valence-electron chi connectivity index (χ3n) is 3.72.